The topological polar surface area (TPSA) is 97.9 Å². The van der Waals surface area contributed by atoms with Crippen LogP contribution in [0.25, 0.3) is 0 Å². The van der Waals surface area contributed by atoms with Crippen LogP contribution in [0.2, 0.25) is 0 Å². The van der Waals surface area contributed by atoms with E-state index in [9.17, 15) is 10.2 Å². The number of nitrogens with zero attached hydrogens (tertiary/aromatic N) is 1. The molecule has 0 bridgehead atoms. The second-order valence-corrected chi connectivity index (χ2v) is 9.96. The summed E-state index contributed by atoms with van der Waals surface area (Å²) < 4.78 is 5.97. The van der Waals surface area contributed by atoms with Crippen molar-refractivity contribution in [2.45, 2.75) is 65.1 Å². The van der Waals surface area contributed by atoms with Crippen LogP contribution >= 0.6 is 11.6 Å². The SMILES string of the molecule is CC(C)(C)c1cc(BOC(C)(C)C(C)(C)O)c(O)c(N/N=C2/C=CC(Cl)=CC2=N)c1. The smallest absolute Gasteiger partial charge is 0.313 e. The van der Waals surface area contributed by atoms with E-state index in [0.717, 1.165) is 5.56 Å². The molecule has 1 aliphatic carbocycles. The van der Waals surface area contributed by atoms with E-state index < -0.39 is 11.2 Å². The van der Waals surface area contributed by atoms with Crippen molar-refractivity contribution in [3.05, 3.63) is 41.0 Å². The summed E-state index contributed by atoms with van der Waals surface area (Å²) in [5.41, 5.74) is 3.39. The molecular weight excluding hydrogens is 401 g/mol. The number of hydrazone groups is 1. The van der Waals surface area contributed by atoms with Gasteiger partial charge < -0.3 is 14.9 Å². The lowest BCUT2D eigenvalue weighted by Crippen LogP contribution is -2.49. The maximum atomic E-state index is 10.8. The summed E-state index contributed by atoms with van der Waals surface area (Å²) in [6.07, 6.45) is 4.80. The van der Waals surface area contributed by atoms with E-state index in [0.29, 0.717) is 21.9 Å². The number of allylic oxidation sites excluding steroid dienone is 4. The van der Waals surface area contributed by atoms with Gasteiger partial charge in [-0.15, -0.1) is 0 Å². The lowest BCUT2D eigenvalue weighted by molar-refractivity contribution is -0.0893. The third-order valence-electron chi connectivity index (χ3n) is 5.37. The molecule has 0 heterocycles. The van der Waals surface area contributed by atoms with Crippen LogP contribution in [-0.2, 0) is 10.1 Å². The minimum absolute atomic E-state index is 0.0128. The van der Waals surface area contributed by atoms with Gasteiger partial charge in [-0.3, -0.25) is 10.8 Å². The number of nitrogens with one attached hydrogen (secondary N) is 2. The first kappa shape index (κ1) is 24.2. The van der Waals surface area contributed by atoms with Crippen LogP contribution in [0.1, 0.15) is 54.0 Å². The largest absolute Gasteiger partial charge is 0.506 e. The number of anilines is 1. The summed E-state index contributed by atoms with van der Waals surface area (Å²) in [5.74, 6) is 0.0128. The molecule has 0 amide bonds. The van der Waals surface area contributed by atoms with Gasteiger partial charge in [-0.2, -0.15) is 5.10 Å². The molecule has 0 unspecified atom stereocenters. The maximum Gasteiger partial charge on any atom is 0.313 e. The first-order chi connectivity index (χ1) is 13.6. The number of hydrogen-bond donors (Lipinski definition) is 4. The van der Waals surface area contributed by atoms with Gasteiger partial charge in [0.05, 0.1) is 22.6 Å². The Morgan fingerprint density at radius 1 is 1.10 bits per heavy atom. The lowest BCUT2D eigenvalue weighted by Gasteiger charge is -2.37. The highest BCUT2D eigenvalue weighted by Gasteiger charge is 2.36. The van der Waals surface area contributed by atoms with Crippen molar-refractivity contribution in [1.29, 1.82) is 5.41 Å². The van der Waals surface area contributed by atoms with Crippen molar-refractivity contribution < 1.29 is 14.9 Å². The highest BCUT2D eigenvalue weighted by molar-refractivity contribution is 6.52. The summed E-state index contributed by atoms with van der Waals surface area (Å²) >= 11 is 5.90. The second kappa shape index (κ2) is 8.57. The van der Waals surface area contributed by atoms with Crippen molar-refractivity contribution in [1.82, 2.24) is 0 Å². The van der Waals surface area contributed by atoms with Gasteiger partial charge in [0.2, 0.25) is 0 Å². The zero-order chi connectivity index (χ0) is 22.9. The average molecular weight is 432 g/mol. The van der Waals surface area contributed by atoms with E-state index in [1.54, 1.807) is 26.0 Å². The molecule has 30 heavy (non-hydrogen) atoms. The highest BCUT2D eigenvalue weighted by Crippen LogP contribution is 2.31. The van der Waals surface area contributed by atoms with Gasteiger partial charge in [0.25, 0.3) is 0 Å². The first-order valence-corrected chi connectivity index (χ1v) is 10.2. The van der Waals surface area contributed by atoms with Crippen LogP contribution in [-0.4, -0.2) is 40.3 Å². The van der Waals surface area contributed by atoms with Gasteiger partial charge in [-0.05, 0) is 68.4 Å². The van der Waals surface area contributed by atoms with Crippen LogP contribution in [0.15, 0.2) is 40.5 Å². The van der Waals surface area contributed by atoms with Crippen LogP contribution < -0.4 is 10.9 Å². The number of aromatic hydroxyl groups is 1. The number of phenolic OH excluding ortho intramolecular Hbond substituents is 1. The monoisotopic (exact) mass is 431 g/mol. The minimum atomic E-state index is -1.06. The van der Waals surface area contributed by atoms with E-state index in [1.165, 1.54) is 6.08 Å². The van der Waals surface area contributed by atoms with E-state index in [1.807, 2.05) is 26.0 Å². The number of halogens is 1. The fourth-order valence-electron chi connectivity index (χ4n) is 2.48. The summed E-state index contributed by atoms with van der Waals surface area (Å²) in [4.78, 5) is 0. The predicted molar refractivity (Wildman–Crippen MR) is 127 cm³/mol. The number of aliphatic hydroxyl groups is 1. The fourth-order valence-corrected chi connectivity index (χ4v) is 2.66. The molecule has 0 saturated carbocycles. The molecule has 1 aromatic rings. The van der Waals surface area contributed by atoms with E-state index in [4.69, 9.17) is 21.7 Å². The highest BCUT2D eigenvalue weighted by atomic mass is 35.5. The summed E-state index contributed by atoms with van der Waals surface area (Å²) in [6, 6.07) is 3.74. The van der Waals surface area contributed by atoms with Crippen molar-refractivity contribution in [2.24, 2.45) is 5.10 Å². The van der Waals surface area contributed by atoms with Gasteiger partial charge in [0.1, 0.15) is 11.5 Å². The Morgan fingerprint density at radius 3 is 2.27 bits per heavy atom. The standard InChI is InChI=1S/C22H31BClN3O3/c1-20(2,3)13-10-15(23-30-22(6,7)21(4,5)29)19(28)18(11-13)27-26-17-9-8-14(24)12-16(17)25/h8-12,23,25,27-29H,1-7H3/b25-16?,26-17-. The van der Waals surface area contributed by atoms with Crippen molar-refractivity contribution in [3.63, 3.8) is 0 Å². The van der Waals surface area contributed by atoms with Crippen LogP contribution in [0.3, 0.4) is 0 Å². The normalized spacial score (nSPS) is 16.6. The molecule has 6 nitrogen and oxygen atoms in total. The molecule has 1 aliphatic rings. The molecular formula is C22H31BClN3O3. The molecule has 0 aliphatic heterocycles. The first-order valence-electron chi connectivity index (χ1n) is 9.82. The number of rotatable bonds is 6. The van der Waals surface area contributed by atoms with Gasteiger partial charge in [0, 0.05) is 5.03 Å². The zero-order valence-corrected chi connectivity index (χ0v) is 19.5. The minimum Gasteiger partial charge on any atom is -0.506 e. The molecule has 0 aromatic heterocycles. The Kier molecular flexibility index (Phi) is 6.91. The molecule has 1 aromatic carbocycles. The number of benzene rings is 1. The molecule has 162 valence electrons. The molecule has 0 spiro atoms. The molecule has 0 radical (unpaired) electrons. The Hall–Kier alpha value is -2.09. The Balaban J connectivity index is 2.38. The second-order valence-electron chi connectivity index (χ2n) is 9.52. The summed E-state index contributed by atoms with van der Waals surface area (Å²) in [5, 5.41) is 33.9. The molecule has 0 fully saturated rings. The molecule has 0 saturated heterocycles. The van der Waals surface area contributed by atoms with Crippen molar-refractivity contribution in [2.75, 3.05) is 5.43 Å². The van der Waals surface area contributed by atoms with Gasteiger partial charge in [-0.25, -0.2) is 0 Å². The Labute approximate surface area is 184 Å². The van der Waals surface area contributed by atoms with E-state index >= 15 is 0 Å². The van der Waals surface area contributed by atoms with Crippen LogP contribution in [0.5, 0.6) is 5.75 Å². The molecule has 2 rings (SSSR count). The van der Waals surface area contributed by atoms with Gasteiger partial charge in [-0.1, -0.05) is 38.4 Å². The molecule has 4 N–H and O–H groups in total. The van der Waals surface area contributed by atoms with Gasteiger partial charge >= 0.3 is 7.48 Å². The van der Waals surface area contributed by atoms with Gasteiger partial charge in [0.15, 0.2) is 0 Å². The third-order valence-corrected chi connectivity index (χ3v) is 5.61. The Morgan fingerprint density at radius 2 is 1.73 bits per heavy atom. The summed E-state index contributed by atoms with van der Waals surface area (Å²) in [6.45, 7) is 13.2. The fraction of sp³-hybridized carbons (Fsp3) is 0.455. The van der Waals surface area contributed by atoms with Crippen molar-refractivity contribution >= 4 is 41.7 Å². The molecule has 0 atom stereocenters. The molecule has 8 heteroatoms. The number of phenols is 1. The number of hydrogen-bond acceptors (Lipinski definition) is 6. The van der Waals surface area contributed by atoms with Crippen LogP contribution in [0, 0.1) is 5.41 Å². The van der Waals surface area contributed by atoms with Crippen LogP contribution in [0.4, 0.5) is 5.69 Å². The quantitative estimate of drug-likeness (QED) is 0.239. The third kappa shape index (κ3) is 5.75. The predicted octanol–water partition coefficient (Wildman–Crippen LogP) is 3.71. The van der Waals surface area contributed by atoms with Crippen molar-refractivity contribution in [3.8, 4) is 5.75 Å². The van der Waals surface area contributed by atoms with E-state index in [2.05, 4.69) is 31.3 Å². The maximum absolute atomic E-state index is 10.8. The summed E-state index contributed by atoms with van der Waals surface area (Å²) in [7, 11) is 0.117. The van der Waals surface area contributed by atoms with E-state index in [-0.39, 0.29) is 24.4 Å². The lowest BCUT2D eigenvalue weighted by atomic mass is 9.77. The average Bonchev–Trinajstić information content (AvgIpc) is 2.59. The zero-order valence-electron chi connectivity index (χ0n) is 18.7. The Bertz CT molecular complexity index is 923.